The van der Waals surface area contributed by atoms with Gasteiger partial charge in [-0.3, -0.25) is 0 Å². The molecule has 0 saturated heterocycles. The van der Waals surface area contributed by atoms with Crippen LogP contribution in [0.4, 0.5) is 15.2 Å². The number of benzene rings is 1. The molecule has 0 fully saturated rings. The van der Waals surface area contributed by atoms with Crippen LogP contribution in [0.15, 0.2) is 24.4 Å². The third-order valence-electron chi connectivity index (χ3n) is 2.56. The summed E-state index contributed by atoms with van der Waals surface area (Å²) in [5.41, 5.74) is 7.10. The Hall–Kier alpha value is -1.46. The molecular weight excluding hydrogens is 237 g/mol. The zero-order chi connectivity index (χ0) is 12.4. The Morgan fingerprint density at radius 2 is 2.24 bits per heavy atom. The van der Waals surface area contributed by atoms with Crippen molar-refractivity contribution in [3.05, 3.63) is 40.7 Å². The topological polar surface area (TPSA) is 42.2 Å². The molecule has 0 aliphatic heterocycles. The first-order chi connectivity index (χ1) is 8.11. The van der Waals surface area contributed by atoms with Crippen molar-refractivity contribution in [3.63, 3.8) is 0 Å². The third-order valence-corrected chi connectivity index (χ3v) is 3.65. The highest BCUT2D eigenvalue weighted by Gasteiger charge is 2.09. The molecule has 1 aromatic heterocycles. The van der Waals surface area contributed by atoms with Gasteiger partial charge in [-0.1, -0.05) is 0 Å². The highest BCUT2D eigenvalue weighted by molar-refractivity contribution is 7.15. The van der Waals surface area contributed by atoms with E-state index in [0.717, 1.165) is 15.7 Å². The second-order valence-electron chi connectivity index (χ2n) is 3.81. The molecular formula is C12H14FN3S. The molecule has 0 spiro atoms. The van der Waals surface area contributed by atoms with Crippen molar-refractivity contribution in [2.24, 2.45) is 5.73 Å². The molecule has 90 valence electrons. The number of rotatable bonds is 3. The quantitative estimate of drug-likeness (QED) is 0.912. The average Bonchev–Trinajstić information content (AvgIpc) is 2.80. The van der Waals surface area contributed by atoms with Crippen LogP contribution < -0.4 is 10.6 Å². The number of nitrogens with zero attached hydrogens (tertiary/aromatic N) is 2. The Bertz CT molecular complexity index is 524. The van der Waals surface area contributed by atoms with Gasteiger partial charge < -0.3 is 10.6 Å². The van der Waals surface area contributed by atoms with Crippen LogP contribution in [0.3, 0.4) is 0 Å². The Morgan fingerprint density at radius 1 is 1.47 bits per heavy atom. The molecule has 1 aromatic carbocycles. The summed E-state index contributed by atoms with van der Waals surface area (Å²) < 4.78 is 13.2. The first-order valence-corrected chi connectivity index (χ1v) is 6.08. The molecule has 0 amide bonds. The van der Waals surface area contributed by atoms with Gasteiger partial charge in [-0.05, 0) is 30.7 Å². The summed E-state index contributed by atoms with van der Waals surface area (Å²) in [7, 11) is 1.91. The number of nitrogens with two attached hydrogens (primary N) is 1. The Balaban J connectivity index is 2.29. The van der Waals surface area contributed by atoms with E-state index in [2.05, 4.69) is 4.98 Å². The summed E-state index contributed by atoms with van der Waals surface area (Å²) in [5.74, 6) is -0.191. The van der Waals surface area contributed by atoms with Crippen LogP contribution in [0.2, 0.25) is 0 Å². The van der Waals surface area contributed by atoms with E-state index in [1.54, 1.807) is 36.6 Å². The van der Waals surface area contributed by atoms with Crippen LogP contribution in [0, 0.1) is 12.7 Å². The van der Waals surface area contributed by atoms with E-state index in [1.807, 2.05) is 11.9 Å². The normalized spacial score (nSPS) is 10.6. The second-order valence-corrected chi connectivity index (χ2v) is 4.90. The van der Waals surface area contributed by atoms with Gasteiger partial charge in [-0.25, -0.2) is 9.37 Å². The van der Waals surface area contributed by atoms with Crippen LogP contribution in [0.5, 0.6) is 0 Å². The molecule has 0 bridgehead atoms. The minimum atomic E-state index is -0.191. The molecule has 3 nitrogen and oxygen atoms in total. The Morgan fingerprint density at radius 3 is 2.82 bits per heavy atom. The predicted molar refractivity (Wildman–Crippen MR) is 69.2 cm³/mol. The number of hydrogen-bond donors (Lipinski definition) is 1. The zero-order valence-electron chi connectivity index (χ0n) is 9.77. The average molecular weight is 251 g/mol. The van der Waals surface area contributed by atoms with Crippen molar-refractivity contribution in [1.29, 1.82) is 0 Å². The SMILES string of the molecule is Cc1cc(N(C)c2ncc(CN)s2)ccc1F. The second kappa shape index (κ2) is 4.81. The van der Waals surface area contributed by atoms with Gasteiger partial charge in [0.25, 0.3) is 0 Å². The standard InChI is InChI=1S/C12H14FN3S/c1-8-5-9(3-4-11(8)13)16(2)12-15-7-10(6-14)17-12/h3-5,7H,6,14H2,1-2H3. The summed E-state index contributed by atoms with van der Waals surface area (Å²) in [6.45, 7) is 2.24. The lowest BCUT2D eigenvalue weighted by atomic mass is 10.2. The van der Waals surface area contributed by atoms with Crippen molar-refractivity contribution < 1.29 is 4.39 Å². The van der Waals surface area contributed by atoms with E-state index in [-0.39, 0.29) is 5.82 Å². The van der Waals surface area contributed by atoms with Crippen LogP contribution in [-0.4, -0.2) is 12.0 Å². The van der Waals surface area contributed by atoms with E-state index < -0.39 is 0 Å². The molecule has 0 radical (unpaired) electrons. The Kier molecular flexibility index (Phi) is 3.40. The first-order valence-electron chi connectivity index (χ1n) is 5.26. The minimum Gasteiger partial charge on any atom is -0.326 e. The fourth-order valence-corrected chi connectivity index (χ4v) is 2.27. The van der Waals surface area contributed by atoms with E-state index in [4.69, 9.17) is 5.73 Å². The van der Waals surface area contributed by atoms with Gasteiger partial charge >= 0.3 is 0 Å². The molecule has 5 heteroatoms. The summed E-state index contributed by atoms with van der Waals surface area (Å²) >= 11 is 1.54. The zero-order valence-corrected chi connectivity index (χ0v) is 10.6. The lowest BCUT2D eigenvalue weighted by Gasteiger charge is -2.16. The molecule has 2 aromatic rings. The van der Waals surface area contributed by atoms with Gasteiger partial charge in [-0.15, -0.1) is 11.3 Å². The van der Waals surface area contributed by atoms with Crippen molar-refractivity contribution in [3.8, 4) is 0 Å². The Labute approximate surface area is 104 Å². The molecule has 0 unspecified atom stereocenters. The van der Waals surface area contributed by atoms with E-state index >= 15 is 0 Å². The maximum atomic E-state index is 13.2. The molecule has 2 rings (SSSR count). The minimum absolute atomic E-state index is 0.191. The molecule has 17 heavy (non-hydrogen) atoms. The molecule has 0 saturated carbocycles. The van der Waals surface area contributed by atoms with Gasteiger partial charge in [0.05, 0.1) is 0 Å². The molecule has 0 aliphatic carbocycles. The fourth-order valence-electron chi connectivity index (χ4n) is 1.49. The molecule has 0 atom stereocenters. The highest BCUT2D eigenvalue weighted by Crippen LogP contribution is 2.28. The molecule has 2 N–H and O–H groups in total. The maximum absolute atomic E-state index is 13.2. The van der Waals surface area contributed by atoms with E-state index in [0.29, 0.717) is 12.1 Å². The summed E-state index contributed by atoms with van der Waals surface area (Å²) in [5, 5.41) is 0.858. The lowest BCUT2D eigenvalue weighted by Crippen LogP contribution is -2.09. The van der Waals surface area contributed by atoms with Crippen molar-refractivity contribution >= 4 is 22.2 Å². The number of aryl methyl sites for hydroxylation is 1. The maximum Gasteiger partial charge on any atom is 0.189 e. The van der Waals surface area contributed by atoms with Crippen molar-refractivity contribution in [1.82, 2.24) is 4.98 Å². The number of hydrogen-bond acceptors (Lipinski definition) is 4. The van der Waals surface area contributed by atoms with E-state index in [1.165, 1.54) is 6.07 Å². The monoisotopic (exact) mass is 251 g/mol. The summed E-state index contributed by atoms with van der Waals surface area (Å²) in [6.07, 6.45) is 1.77. The van der Waals surface area contributed by atoms with Crippen LogP contribution in [0.1, 0.15) is 10.4 Å². The van der Waals surface area contributed by atoms with E-state index in [9.17, 15) is 4.39 Å². The van der Waals surface area contributed by atoms with Gasteiger partial charge in [0.1, 0.15) is 5.82 Å². The van der Waals surface area contributed by atoms with Crippen molar-refractivity contribution in [2.45, 2.75) is 13.5 Å². The van der Waals surface area contributed by atoms with Gasteiger partial charge in [-0.2, -0.15) is 0 Å². The smallest absolute Gasteiger partial charge is 0.189 e. The van der Waals surface area contributed by atoms with Crippen LogP contribution in [-0.2, 0) is 6.54 Å². The summed E-state index contributed by atoms with van der Waals surface area (Å²) in [6, 6.07) is 5.02. The first kappa shape index (κ1) is 12.0. The fraction of sp³-hybridized carbons (Fsp3) is 0.250. The third kappa shape index (κ3) is 2.45. The highest BCUT2D eigenvalue weighted by atomic mass is 32.1. The van der Waals surface area contributed by atoms with Crippen LogP contribution in [0.25, 0.3) is 0 Å². The summed E-state index contributed by atoms with van der Waals surface area (Å²) in [4.78, 5) is 7.25. The number of halogens is 1. The number of aromatic nitrogens is 1. The number of thiazole rings is 1. The molecule has 1 heterocycles. The lowest BCUT2D eigenvalue weighted by molar-refractivity contribution is 0.618. The van der Waals surface area contributed by atoms with Gasteiger partial charge in [0, 0.05) is 30.4 Å². The number of anilines is 2. The van der Waals surface area contributed by atoms with Gasteiger partial charge in [0.2, 0.25) is 0 Å². The van der Waals surface area contributed by atoms with Crippen molar-refractivity contribution in [2.75, 3.05) is 11.9 Å². The van der Waals surface area contributed by atoms with Gasteiger partial charge in [0.15, 0.2) is 5.13 Å². The van der Waals surface area contributed by atoms with Crippen LogP contribution >= 0.6 is 11.3 Å². The molecule has 0 aliphatic rings. The predicted octanol–water partition coefficient (Wildman–Crippen LogP) is 2.82. The largest absolute Gasteiger partial charge is 0.326 e.